The van der Waals surface area contributed by atoms with Crippen LogP contribution in [0, 0.1) is 13.8 Å². The third-order valence-corrected chi connectivity index (χ3v) is 6.43. The number of carbonyl (C=O) groups is 1. The summed E-state index contributed by atoms with van der Waals surface area (Å²) in [6, 6.07) is 5.84. The molecule has 0 radical (unpaired) electrons. The Morgan fingerprint density at radius 3 is 2.61 bits per heavy atom. The zero-order chi connectivity index (χ0) is 24.2. The Labute approximate surface area is 189 Å². The lowest BCUT2D eigenvalue weighted by Gasteiger charge is -2.24. The molecule has 1 aromatic carbocycles. The molecule has 2 heterocycles. The van der Waals surface area contributed by atoms with Gasteiger partial charge in [-0.1, -0.05) is 23.8 Å². The maximum Gasteiger partial charge on any atom is 0.459 e. The predicted molar refractivity (Wildman–Crippen MR) is 119 cm³/mol. The molecule has 33 heavy (non-hydrogen) atoms. The predicted octanol–water partition coefficient (Wildman–Crippen LogP) is 1.96. The SMILES string of the molecule is COC(=O)[C@H](C)N[P@](=O)(OC[C@@H]1C=C[C@H](n2cc(C)c(=O)[nH]c2=O)O1)Oc1ccc(C)cc1. The summed E-state index contributed by atoms with van der Waals surface area (Å²) < 4.78 is 36.2. The number of rotatable bonds is 9. The molecule has 0 aliphatic carbocycles. The number of H-pyrrole nitrogens is 1. The van der Waals surface area contributed by atoms with Crippen LogP contribution in [0.4, 0.5) is 0 Å². The van der Waals surface area contributed by atoms with Gasteiger partial charge in [-0.25, -0.2) is 9.36 Å². The van der Waals surface area contributed by atoms with Crippen LogP contribution < -0.4 is 20.9 Å². The molecule has 0 saturated heterocycles. The number of benzene rings is 1. The molecule has 12 heteroatoms. The highest BCUT2D eigenvalue weighted by Gasteiger charge is 2.34. The van der Waals surface area contributed by atoms with Crippen LogP contribution in [0.15, 0.2) is 52.2 Å². The average molecular weight is 479 g/mol. The van der Waals surface area contributed by atoms with Gasteiger partial charge in [0.05, 0.1) is 13.7 Å². The van der Waals surface area contributed by atoms with Crippen molar-refractivity contribution in [3.63, 3.8) is 0 Å². The second kappa shape index (κ2) is 10.3. The van der Waals surface area contributed by atoms with E-state index >= 15 is 0 Å². The largest absolute Gasteiger partial charge is 0.468 e. The van der Waals surface area contributed by atoms with Gasteiger partial charge in [-0.15, -0.1) is 0 Å². The first kappa shape index (κ1) is 24.7. The quantitative estimate of drug-likeness (QED) is 0.314. The van der Waals surface area contributed by atoms with Gasteiger partial charge < -0.3 is 14.0 Å². The second-order valence-corrected chi connectivity index (χ2v) is 9.19. The summed E-state index contributed by atoms with van der Waals surface area (Å²) in [5.41, 5.74) is 0.238. The van der Waals surface area contributed by atoms with Gasteiger partial charge in [0.1, 0.15) is 17.9 Å². The van der Waals surface area contributed by atoms with Crippen LogP contribution in [0.5, 0.6) is 5.75 Å². The summed E-state index contributed by atoms with van der Waals surface area (Å²) in [7, 11) is -2.82. The van der Waals surface area contributed by atoms with Crippen LogP contribution in [0.3, 0.4) is 0 Å². The molecule has 0 fully saturated rings. The Hall–Kier alpha value is -2.98. The van der Waals surface area contributed by atoms with E-state index in [-0.39, 0.29) is 12.4 Å². The zero-order valence-corrected chi connectivity index (χ0v) is 19.5. The molecule has 2 N–H and O–H groups in total. The molecule has 11 nitrogen and oxygen atoms in total. The van der Waals surface area contributed by atoms with Crippen LogP contribution in [0.2, 0.25) is 0 Å². The zero-order valence-electron chi connectivity index (χ0n) is 18.6. The van der Waals surface area contributed by atoms with Crippen LogP contribution in [-0.2, 0) is 23.4 Å². The molecule has 1 aliphatic heterocycles. The molecular formula is C21H26N3O8P. The molecule has 3 rings (SSSR count). The van der Waals surface area contributed by atoms with Gasteiger partial charge in [-0.2, -0.15) is 5.09 Å². The minimum Gasteiger partial charge on any atom is -0.468 e. The molecule has 1 aliphatic rings. The molecular weight excluding hydrogens is 453 g/mol. The minimum atomic E-state index is -4.03. The molecule has 0 bridgehead atoms. The van der Waals surface area contributed by atoms with Crippen molar-refractivity contribution in [2.24, 2.45) is 0 Å². The summed E-state index contributed by atoms with van der Waals surface area (Å²) in [5, 5.41) is 2.56. The van der Waals surface area contributed by atoms with Gasteiger partial charge in [0.25, 0.3) is 5.56 Å². The number of esters is 1. The van der Waals surface area contributed by atoms with E-state index in [4.69, 9.17) is 13.8 Å². The van der Waals surface area contributed by atoms with Crippen LogP contribution in [-0.4, -0.2) is 41.4 Å². The van der Waals surface area contributed by atoms with Gasteiger partial charge in [0, 0.05) is 11.8 Å². The number of hydrogen-bond donors (Lipinski definition) is 2. The Bertz CT molecular complexity index is 1190. The van der Waals surface area contributed by atoms with Crippen molar-refractivity contribution < 1.29 is 27.9 Å². The van der Waals surface area contributed by atoms with Crippen molar-refractivity contribution in [3.8, 4) is 5.75 Å². The molecule has 0 saturated carbocycles. The van der Waals surface area contributed by atoms with Gasteiger partial charge >= 0.3 is 19.4 Å². The summed E-state index contributed by atoms with van der Waals surface area (Å²) in [4.78, 5) is 37.7. The number of nitrogens with zero attached hydrogens (tertiary/aromatic N) is 1. The van der Waals surface area contributed by atoms with Crippen molar-refractivity contribution >= 4 is 13.7 Å². The average Bonchev–Trinajstić information content (AvgIpc) is 3.25. The first-order valence-corrected chi connectivity index (χ1v) is 11.7. The number of carbonyl (C=O) groups excluding carboxylic acids is 1. The smallest absolute Gasteiger partial charge is 0.459 e. The standard InChI is InChI=1S/C21H26N3O8P/c1-13-5-7-16(8-6-13)32-33(28,23-15(3)20(26)29-4)30-12-17-9-10-18(31-17)24-11-14(2)19(25)22-21(24)27/h5-11,15,17-18H,12H2,1-4H3,(H,23,28)(H,22,25,27)/t15-,17-,18+,33-/m0/s1. The number of aryl methyl sites for hydroxylation is 2. The molecule has 4 atom stereocenters. The van der Waals surface area contributed by atoms with E-state index in [0.717, 1.165) is 5.56 Å². The monoisotopic (exact) mass is 479 g/mol. The third kappa shape index (κ3) is 6.29. The molecule has 0 spiro atoms. The highest BCUT2D eigenvalue weighted by atomic mass is 31.2. The Morgan fingerprint density at radius 1 is 1.24 bits per heavy atom. The van der Waals surface area contributed by atoms with Crippen molar-refractivity contribution in [1.29, 1.82) is 0 Å². The normalized spacial score (nSPS) is 20.2. The number of hydrogen-bond acceptors (Lipinski definition) is 8. The Kier molecular flexibility index (Phi) is 7.70. The summed E-state index contributed by atoms with van der Waals surface area (Å²) in [6.45, 7) is 4.73. The van der Waals surface area contributed by atoms with E-state index in [1.165, 1.54) is 24.8 Å². The Balaban J connectivity index is 1.71. The van der Waals surface area contributed by atoms with Gasteiger partial charge in [0.15, 0.2) is 6.23 Å². The molecule has 2 aromatic rings. The van der Waals surface area contributed by atoms with Gasteiger partial charge in [-0.3, -0.25) is 23.7 Å². The maximum absolute atomic E-state index is 13.4. The fourth-order valence-corrected chi connectivity index (χ4v) is 4.49. The number of methoxy groups -OCH3 is 1. The fraction of sp³-hybridized carbons (Fsp3) is 0.381. The fourth-order valence-electron chi connectivity index (χ4n) is 2.98. The van der Waals surface area contributed by atoms with E-state index in [0.29, 0.717) is 5.56 Å². The first-order chi connectivity index (χ1) is 15.6. The summed E-state index contributed by atoms with van der Waals surface area (Å²) in [6.07, 6.45) is 3.20. The van der Waals surface area contributed by atoms with E-state index in [9.17, 15) is 18.9 Å². The van der Waals surface area contributed by atoms with E-state index in [2.05, 4.69) is 14.8 Å². The van der Waals surface area contributed by atoms with Crippen LogP contribution in [0.25, 0.3) is 0 Å². The van der Waals surface area contributed by atoms with Crippen molar-refractivity contribution in [2.75, 3.05) is 13.7 Å². The highest BCUT2D eigenvalue weighted by Crippen LogP contribution is 2.45. The number of nitrogens with one attached hydrogen (secondary N) is 2. The lowest BCUT2D eigenvalue weighted by molar-refractivity contribution is -0.142. The molecule has 1 aromatic heterocycles. The van der Waals surface area contributed by atoms with Gasteiger partial charge in [-0.05, 0) is 39.0 Å². The van der Waals surface area contributed by atoms with E-state index < -0.39 is 43.3 Å². The maximum atomic E-state index is 13.4. The van der Waals surface area contributed by atoms with Crippen molar-refractivity contribution in [3.05, 3.63) is 74.6 Å². The highest BCUT2D eigenvalue weighted by molar-refractivity contribution is 7.52. The first-order valence-electron chi connectivity index (χ1n) is 10.1. The van der Waals surface area contributed by atoms with Crippen molar-refractivity contribution in [1.82, 2.24) is 14.6 Å². The minimum absolute atomic E-state index is 0.200. The van der Waals surface area contributed by atoms with E-state index in [1.807, 2.05) is 6.92 Å². The lowest BCUT2D eigenvalue weighted by atomic mass is 10.2. The third-order valence-electron chi connectivity index (χ3n) is 4.79. The van der Waals surface area contributed by atoms with Crippen molar-refractivity contribution in [2.45, 2.75) is 39.1 Å². The summed E-state index contributed by atoms with van der Waals surface area (Å²) in [5.74, 6) is -0.360. The Morgan fingerprint density at radius 2 is 1.94 bits per heavy atom. The topological polar surface area (TPSA) is 138 Å². The molecule has 0 unspecified atom stereocenters. The lowest BCUT2D eigenvalue weighted by Crippen LogP contribution is -2.35. The molecule has 178 valence electrons. The number of ether oxygens (including phenoxy) is 2. The van der Waals surface area contributed by atoms with Crippen LogP contribution >= 0.6 is 7.75 Å². The number of aromatic amines is 1. The van der Waals surface area contributed by atoms with Crippen LogP contribution in [0.1, 0.15) is 24.3 Å². The summed E-state index contributed by atoms with van der Waals surface area (Å²) >= 11 is 0. The van der Waals surface area contributed by atoms with E-state index in [1.54, 1.807) is 43.3 Å². The molecule has 0 amide bonds. The second-order valence-electron chi connectivity index (χ2n) is 7.50. The number of aromatic nitrogens is 2. The van der Waals surface area contributed by atoms with Gasteiger partial charge in [0.2, 0.25) is 0 Å².